The van der Waals surface area contributed by atoms with Crippen LogP contribution in [0.2, 0.25) is 0 Å². The highest BCUT2D eigenvalue weighted by atomic mass is 19.4. The van der Waals surface area contributed by atoms with Crippen molar-refractivity contribution < 1.29 is 28.1 Å². The highest BCUT2D eigenvalue weighted by molar-refractivity contribution is 6.21. The summed E-state index contributed by atoms with van der Waals surface area (Å²) < 4.78 is 38.4. The highest BCUT2D eigenvalue weighted by Gasteiger charge is 2.44. The molecule has 2 amide bonds. The molecule has 1 saturated heterocycles. The largest absolute Gasteiger partial charge is 0.416 e. The zero-order valence-electron chi connectivity index (χ0n) is 12.5. The number of quaternary nitrogens is 1. The molecule has 1 heterocycles. The second-order valence-electron chi connectivity index (χ2n) is 6.16. The molecule has 1 aliphatic heterocycles. The third-order valence-corrected chi connectivity index (χ3v) is 4.52. The molecule has 0 aromatic heterocycles. The zero-order valence-corrected chi connectivity index (χ0v) is 12.5. The van der Waals surface area contributed by atoms with Gasteiger partial charge in [-0.05, 0) is 43.9 Å². The Kier molecular flexibility index (Phi) is 4.14. The molecule has 3 rings (SSSR count). The van der Waals surface area contributed by atoms with Crippen LogP contribution in [0, 0.1) is 0 Å². The van der Waals surface area contributed by atoms with Gasteiger partial charge in [0.05, 0.1) is 23.7 Å². The number of anilines is 1. The summed E-state index contributed by atoms with van der Waals surface area (Å²) in [6.07, 6.45) is -0.188. The van der Waals surface area contributed by atoms with Gasteiger partial charge >= 0.3 is 6.18 Å². The maximum Gasteiger partial charge on any atom is 0.416 e. The molecule has 1 saturated carbocycles. The number of nitrogens with zero attached hydrogens (tertiary/aromatic N) is 1. The molecule has 2 N–H and O–H groups in total. The third-order valence-electron chi connectivity index (χ3n) is 4.52. The van der Waals surface area contributed by atoms with Crippen LogP contribution in [0.1, 0.15) is 37.7 Å². The number of amides is 2. The molecule has 4 nitrogen and oxygen atoms in total. The van der Waals surface area contributed by atoms with E-state index in [1.807, 2.05) is 5.32 Å². The molecule has 0 radical (unpaired) electrons. The van der Waals surface area contributed by atoms with E-state index in [9.17, 15) is 22.8 Å². The van der Waals surface area contributed by atoms with Crippen LogP contribution in [0.25, 0.3) is 0 Å². The van der Waals surface area contributed by atoms with Crippen molar-refractivity contribution in [1.29, 1.82) is 0 Å². The maximum absolute atomic E-state index is 12.8. The number of benzene rings is 1. The van der Waals surface area contributed by atoms with Crippen molar-refractivity contribution >= 4 is 17.5 Å². The van der Waals surface area contributed by atoms with Gasteiger partial charge in [0.2, 0.25) is 5.91 Å². The SMILES string of the molecule is O=C1C[C@H]([NH2+]C2CCCC2)C(=O)N1c1cccc(C(F)(F)F)c1. The monoisotopic (exact) mass is 327 g/mol. The van der Waals surface area contributed by atoms with Crippen LogP contribution >= 0.6 is 0 Å². The summed E-state index contributed by atoms with van der Waals surface area (Å²) in [5.41, 5.74) is -0.865. The van der Waals surface area contributed by atoms with Crippen LogP contribution in [0.5, 0.6) is 0 Å². The van der Waals surface area contributed by atoms with E-state index in [0.29, 0.717) is 6.04 Å². The minimum absolute atomic E-state index is 0.00264. The smallest absolute Gasteiger partial charge is 0.333 e. The quantitative estimate of drug-likeness (QED) is 0.862. The molecule has 1 aromatic carbocycles. The predicted molar refractivity (Wildman–Crippen MR) is 76.5 cm³/mol. The fourth-order valence-electron chi connectivity index (χ4n) is 3.38. The molecule has 0 spiro atoms. The Balaban J connectivity index is 1.80. The zero-order chi connectivity index (χ0) is 16.6. The van der Waals surface area contributed by atoms with Gasteiger partial charge in [0.25, 0.3) is 5.91 Å². The number of hydrogen-bond donors (Lipinski definition) is 1. The lowest BCUT2D eigenvalue weighted by Crippen LogP contribution is -2.95. The molecule has 2 aliphatic rings. The molecular weight excluding hydrogens is 309 g/mol. The first-order valence-corrected chi connectivity index (χ1v) is 7.75. The van der Waals surface area contributed by atoms with Gasteiger partial charge in [-0.15, -0.1) is 0 Å². The van der Waals surface area contributed by atoms with E-state index >= 15 is 0 Å². The van der Waals surface area contributed by atoms with Gasteiger partial charge in [-0.2, -0.15) is 13.2 Å². The minimum atomic E-state index is -4.50. The Morgan fingerprint density at radius 1 is 1.13 bits per heavy atom. The van der Waals surface area contributed by atoms with E-state index in [1.54, 1.807) is 0 Å². The van der Waals surface area contributed by atoms with Gasteiger partial charge in [-0.25, -0.2) is 4.90 Å². The lowest BCUT2D eigenvalue weighted by Gasteiger charge is -2.17. The first kappa shape index (κ1) is 16.0. The molecule has 23 heavy (non-hydrogen) atoms. The Morgan fingerprint density at radius 3 is 2.48 bits per heavy atom. The number of halogens is 3. The number of imide groups is 1. The highest BCUT2D eigenvalue weighted by Crippen LogP contribution is 2.32. The number of alkyl halides is 3. The van der Waals surface area contributed by atoms with Crippen LogP contribution in [0.4, 0.5) is 18.9 Å². The molecule has 124 valence electrons. The van der Waals surface area contributed by atoms with Crippen LogP contribution < -0.4 is 10.2 Å². The standard InChI is InChI=1S/C16H17F3N2O2/c17-16(18,19)10-4-3-7-12(8-10)21-14(22)9-13(15(21)23)20-11-5-1-2-6-11/h3-4,7-8,11,13,20H,1-2,5-6,9H2/p+1/t13-/m0/s1. The van der Waals surface area contributed by atoms with Gasteiger partial charge in [0.1, 0.15) is 0 Å². The topological polar surface area (TPSA) is 54.0 Å². The van der Waals surface area contributed by atoms with Crippen LogP contribution in [-0.4, -0.2) is 23.9 Å². The van der Waals surface area contributed by atoms with E-state index in [4.69, 9.17) is 0 Å². The Hall–Kier alpha value is -1.89. The van der Waals surface area contributed by atoms with E-state index in [2.05, 4.69) is 0 Å². The molecule has 2 fully saturated rings. The summed E-state index contributed by atoms with van der Waals surface area (Å²) in [5.74, 6) is -0.852. The molecule has 0 bridgehead atoms. The van der Waals surface area contributed by atoms with Gasteiger partial charge in [-0.1, -0.05) is 6.07 Å². The Morgan fingerprint density at radius 2 is 1.83 bits per heavy atom. The van der Waals surface area contributed by atoms with Gasteiger partial charge < -0.3 is 5.32 Å². The molecule has 7 heteroatoms. The number of carbonyl (C=O) groups excluding carboxylic acids is 2. The van der Waals surface area contributed by atoms with Crippen molar-refractivity contribution in [2.24, 2.45) is 0 Å². The van der Waals surface area contributed by atoms with Crippen molar-refractivity contribution in [2.75, 3.05) is 4.90 Å². The van der Waals surface area contributed by atoms with E-state index in [0.717, 1.165) is 42.7 Å². The number of hydrogen-bond acceptors (Lipinski definition) is 2. The molecular formula is C16H18F3N2O2+. The summed E-state index contributed by atoms with van der Waals surface area (Å²) in [5, 5.41) is 1.92. The predicted octanol–water partition coefficient (Wildman–Crippen LogP) is 1.84. The normalized spacial score (nSPS) is 23.1. The van der Waals surface area contributed by atoms with Crippen molar-refractivity contribution in [1.82, 2.24) is 0 Å². The Labute approximate surface area is 131 Å². The van der Waals surface area contributed by atoms with E-state index in [-0.39, 0.29) is 12.1 Å². The number of carbonyl (C=O) groups is 2. The van der Waals surface area contributed by atoms with Gasteiger partial charge in [0.15, 0.2) is 6.04 Å². The van der Waals surface area contributed by atoms with Crippen molar-refractivity contribution in [3.05, 3.63) is 29.8 Å². The van der Waals surface area contributed by atoms with Crippen molar-refractivity contribution in [3.63, 3.8) is 0 Å². The first-order valence-electron chi connectivity index (χ1n) is 7.75. The minimum Gasteiger partial charge on any atom is -0.333 e. The van der Waals surface area contributed by atoms with Gasteiger partial charge in [-0.3, -0.25) is 9.59 Å². The summed E-state index contributed by atoms with van der Waals surface area (Å²) in [4.78, 5) is 25.5. The van der Waals surface area contributed by atoms with Crippen molar-refractivity contribution in [3.8, 4) is 0 Å². The van der Waals surface area contributed by atoms with Gasteiger partial charge in [0, 0.05) is 0 Å². The second kappa shape index (κ2) is 5.96. The van der Waals surface area contributed by atoms with Crippen LogP contribution in [-0.2, 0) is 15.8 Å². The Bertz CT molecular complexity index is 624. The molecule has 1 aliphatic carbocycles. The number of nitrogens with two attached hydrogens (primary N) is 1. The second-order valence-corrected chi connectivity index (χ2v) is 6.16. The maximum atomic E-state index is 12.8. The van der Waals surface area contributed by atoms with E-state index in [1.165, 1.54) is 12.1 Å². The number of rotatable bonds is 3. The molecule has 1 aromatic rings. The summed E-state index contributed by atoms with van der Waals surface area (Å²) in [7, 11) is 0. The summed E-state index contributed by atoms with van der Waals surface area (Å²) in [6.45, 7) is 0. The first-order chi connectivity index (χ1) is 10.9. The molecule has 1 atom stereocenters. The van der Waals surface area contributed by atoms with Crippen LogP contribution in [0.3, 0.4) is 0 Å². The fraction of sp³-hybridized carbons (Fsp3) is 0.500. The molecule has 0 unspecified atom stereocenters. The summed E-state index contributed by atoms with van der Waals surface area (Å²) >= 11 is 0. The van der Waals surface area contributed by atoms with Crippen LogP contribution in [0.15, 0.2) is 24.3 Å². The average molecular weight is 327 g/mol. The lowest BCUT2D eigenvalue weighted by atomic mass is 10.1. The fourth-order valence-corrected chi connectivity index (χ4v) is 3.38. The van der Waals surface area contributed by atoms with E-state index < -0.39 is 29.6 Å². The van der Waals surface area contributed by atoms with Crippen molar-refractivity contribution in [2.45, 2.75) is 50.4 Å². The average Bonchev–Trinajstić information content (AvgIpc) is 3.08. The summed E-state index contributed by atoms with van der Waals surface area (Å²) in [6, 6.07) is 4.18. The lowest BCUT2D eigenvalue weighted by molar-refractivity contribution is -0.706. The third kappa shape index (κ3) is 3.24.